The van der Waals surface area contributed by atoms with E-state index in [0.29, 0.717) is 23.9 Å². The van der Waals surface area contributed by atoms with Gasteiger partial charge in [0, 0.05) is 17.7 Å². The summed E-state index contributed by atoms with van der Waals surface area (Å²) in [5, 5.41) is 4.93. The van der Waals surface area contributed by atoms with Crippen LogP contribution in [0, 0.1) is 0 Å². The molecule has 7 heteroatoms. The first kappa shape index (κ1) is 16.3. The van der Waals surface area contributed by atoms with Crippen molar-refractivity contribution in [2.24, 2.45) is 5.73 Å². The molecule has 1 atom stereocenters. The smallest absolute Gasteiger partial charge is 0.124 e. The standard InChI is InChI=1S/C14H17BrClN3O2/c1-20-6-5-19-14(11(15)8-18-19)13(17)10-7-9(16)3-4-12(10)21-2/h3-4,7-8,13H,5-6,17H2,1-2H3. The minimum atomic E-state index is -0.410. The molecule has 0 aliphatic rings. The number of hydrogen-bond acceptors (Lipinski definition) is 4. The van der Waals surface area contributed by atoms with Gasteiger partial charge in [-0.3, -0.25) is 4.68 Å². The van der Waals surface area contributed by atoms with Crippen LogP contribution in [0.3, 0.4) is 0 Å². The quantitative estimate of drug-likeness (QED) is 0.844. The molecule has 2 rings (SSSR count). The lowest BCUT2D eigenvalue weighted by Gasteiger charge is -2.18. The molecule has 0 aliphatic carbocycles. The van der Waals surface area contributed by atoms with Gasteiger partial charge in [-0.15, -0.1) is 0 Å². The Labute approximate surface area is 137 Å². The maximum atomic E-state index is 6.41. The summed E-state index contributed by atoms with van der Waals surface area (Å²) in [6, 6.07) is 4.98. The highest BCUT2D eigenvalue weighted by Crippen LogP contribution is 2.33. The van der Waals surface area contributed by atoms with Gasteiger partial charge >= 0.3 is 0 Å². The van der Waals surface area contributed by atoms with E-state index in [2.05, 4.69) is 21.0 Å². The van der Waals surface area contributed by atoms with E-state index >= 15 is 0 Å². The van der Waals surface area contributed by atoms with Crippen molar-refractivity contribution >= 4 is 27.5 Å². The third-order valence-electron chi connectivity index (χ3n) is 3.16. The molecule has 1 aromatic heterocycles. The molecule has 0 amide bonds. The average molecular weight is 375 g/mol. The molecule has 1 heterocycles. The lowest BCUT2D eigenvalue weighted by atomic mass is 10.0. The molecule has 0 aliphatic heterocycles. The van der Waals surface area contributed by atoms with Gasteiger partial charge in [0.25, 0.3) is 0 Å². The number of aromatic nitrogens is 2. The van der Waals surface area contributed by atoms with E-state index in [-0.39, 0.29) is 0 Å². The summed E-state index contributed by atoms with van der Waals surface area (Å²) in [6.07, 6.45) is 1.72. The van der Waals surface area contributed by atoms with Gasteiger partial charge in [0.1, 0.15) is 5.75 Å². The summed E-state index contributed by atoms with van der Waals surface area (Å²) >= 11 is 9.57. The number of hydrogen-bond donors (Lipinski definition) is 1. The van der Waals surface area contributed by atoms with E-state index in [1.54, 1.807) is 32.5 Å². The summed E-state index contributed by atoms with van der Waals surface area (Å²) in [4.78, 5) is 0. The second-order valence-electron chi connectivity index (χ2n) is 4.46. The molecule has 114 valence electrons. The number of nitrogens with two attached hydrogens (primary N) is 1. The Hall–Kier alpha value is -1.08. The Bertz CT molecular complexity index is 618. The Balaban J connectivity index is 2.42. The molecule has 2 N–H and O–H groups in total. The van der Waals surface area contributed by atoms with Crippen LogP contribution in [0.1, 0.15) is 17.3 Å². The van der Waals surface area contributed by atoms with Crippen LogP contribution in [0.4, 0.5) is 0 Å². The van der Waals surface area contributed by atoms with Gasteiger partial charge in [0.15, 0.2) is 0 Å². The highest BCUT2D eigenvalue weighted by atomic mass is 79.9. The summed E-state index contributed by atoms with van der Waals surface area (Å²) in [5.74, 6) is 0.693. The van der Waals surface area contributed by atoms with Gasteiger partial charge in [0.05, 0.1) is 42.7 Å². The lowest BCUT2D eigenvalue weighted by Crippen LogP contribution is -2.20. The molecule has 1 aromatic carbocycles. The molecule has 5 nitrogen and oxygen atoms in total. The van der Waals surface area contributed by atoms with E-state index in [1.165, 1.54) is 0 Å². The molecule has 0 fully saturated rings. The maximum absolute atomic E-state index is 6.41. The van der Waals surface area contributed by atoms with Crippen LogP contribution >= 0.6 is 27.5 Å². The third-order valence-corrected chi connectivity index (χ3v) is 4.01. The van der Waals surface area contributed by atoms with E-state index < -0.39 is 6.04 Å². The summed E-state index contributed by atoms with van der Waals surface area (Å²) < 4.78 is 13.1. The molecular weight excluding hydrogens is 358 g/mol. The summed E-state index contributed by atoms with van der Waals surface area (Å²) in [6.45, 7) is 1.18. The van der Waals surface area contributed by atoms with Crippen LogP contribution in [0.5, 0.6) is 5.75 Å². The minimum absolute atomic E-state index is 0.410. The zero-order chi connectivity index (χ0) is 15.4. The van der Waals surface area contributed by atoms with Crippen LogP contribution in [0.2, 0.25) is 5.02 Å². The number of rotatable bonds is 6. The van der Waals surface area contributed by atoms with Crippen LogP contribution in [0.25, 0.3) is 0 Å². The Morgan fingerprint density at radius 2 is 2.19 bits per heavy atom. The van der Waals surface area contributed by atoms with Crippen molar-refractivity contribution in [1.29, 1.82) is 0 Å². The van der Waals surface area contributed by atoms with E-state index in [1.807, 2.05) is 10.7 Å². The van der Waals surface area contributed by atoms with Crippen LogP contribution in [-0.4, -0.2) is 30.6 Å². The number of methoxy groups -OCH3 is 2. The predicted molar refractivity (Wildman–Crippen MR) is 85.8 cm³/mol. The van der Waals surface area contributed by atoms with Gasteiger partial charge < -0.3 is 15.2 Å². The maximum Gasteiger partial charge on any atom is 0.124 e. The average Bonchev–Trinajstić information content (AvgIpc) is 2.85. The molecule has 0 radical (unpaired) electrons. The van der Waals surface area contributed by atoms with Crippen molar-refractivity contribution in [3.8, 4) is 5.75 Å². The first-order valence-corrected chi connectivity index (χ1v) is 7.54. The van der Waals surface area contributed by atoms with Gasteiger partial charge in [-0.05, 0) is 34.1 Å². The second kappa shape index (κ2) is 7.26. The number of benzene rings is 1. The van der Waals surface area contributed by atoms with E-state index in [0.717, 1.165) is 15.7 Å². The molecule has 0 spiro atoms. The van der Waals surface area contributed by atoms with Gasteiger partial charge in [-0.2, -0.15) is 5.10 Å². The molecule has 0 saturated heterocycles. The van der Waals surface area contributed by atoms with Crippen molar-refractivity contribution in [2.45, 2.75) is 12.6 Å². The lowest BCUT2D eigenvalue weighted by molar-refractivity contribution is 0.182. The number of halogens is 2. The van der Waals surface area contributed by atoms with Crippen molar-refractivity contribution in [3.63, 3.8) is 0 Å². The van der Waals surface area contributed by atoms with Crippen LogP contribution in [0.15, 0.2) is 28.9 Å². The second-order valence-corrected chi connectivity index (χ2v) is 5.75. The zero-order valence-corrected chi connectivity index (χ0v) is 14.2. The monoisotopic (exact) mass is 373 g/mol. The van der Waals surface area contributed by atoms with Crippen LogP contribution in [-0.2, 0) is 11.3 Å². The van der Waals surface area contributed by atoms with Gasteiger partial charge in [-0.1, -0.05) is 11.6 Å². The van der Waals surface area contributed by atoms with Gasteiger partial charge in [-0.25, -0.2) is 0 Å². The fourth-order valence-corrected chi connectivity index (χ4v) is 2.86. The normalized spacial score (nSPS) is 12.4. The molecule has 1 unspecified atom stereocenters. The SMILES string of the molecule is COCCn1ncc(Br)c1C(N)c1cc(Cl)ccc1OC. The zero-order valence-electron chi connectivity index (χ0n) is 11.8. The van der Waals surface area contributed by atoms with Gasteiger partial charge in [0.2, 0.25) is 0 Å². The summed E-state index contributed by atoms with van der Waals surface area (Å²) in [7, 11) is 3.26. The van der Waals surface area contributed by atoms with Crippen molar-refractivity contribution in [3.05, 3.63) is 45.1 Å². The van der Waals surface area contributed by atoms with Crippen molar-refractivity contribution in [1.82, 2.24) is 9.78 Å². The Kier molecular flexibility index (Phi) is 5.64. The molecule has 2 aromatic rings. The Morgan fingerprint density at radius 1 is 1.43 bits per heavy atom. The molecule has 21 heavy (non-hydrogen) atoms. The fourth-order valence-electron chi connectivity index (χ4n) is 2.13. The molecule has 0 bridgehead atoms. The Morgan fingerprint density at radius 3 is 2.86 bits per heavy atom. The summed E-state index contributed by atoms with van der Waals surface area (Å²) in [5.41, 5.74) is 8.07. The first-order valence-electron chi connectivity index (χ1n) is 6.37. The highest BCUT2D eigenvalue weighted by Gasteiger charge is 2.21. The number of nitrogens with zero attached hydrogens (tertiary/aromatic N) is 2. The fraction of sp³-hybridized carbons (Fsp3) is 0.357. The molecule has 0 saturated carbocycles. The van der Waals surface area contributed by atoms with Crippen molar-refractivity contribution < 1.29 is 9.47 Å². The van der Waals surface area contributed by atoms with E-state index in [9.17, 15) is 0 Å². The van der Waals surface area contributed by atoms with E-state index in [4.69, 9.17) is 26.8 Å². The van der Waals surface area contributed by atoms with Crippen molar-refractivity contribution in [2.75, 3.05) is 20.8 Å². The topological polar surface area (TPSA) is 62.3 Å². The third kappa shape index (κ3) is 3.58. The predicted octanol–water partition coefficient (Wildman–Crippen LogP) is 3.00. The van der Waals surface area contributed by atoms with Crippen LogP contribution < -0.4 is 10.5 Å². The molecular formula is C14H17BrClN3O2. The largest absolute Gasteiger partial charge is 0.496 e. The minimum Gasteiger partial charge on any atom is -0.496 e. The number of ether oxygens (including phenoxy) is 2. The highest BCUT2D eigenvalue weighted by molar-refractivity contribution is 9.10. The first-order chi connectivity index (χ1) is 10.1.